The number of methoxy groups -OCH3 is 1. The first kappa shape index (κ1) is 19.2. The average Bonchev–Trinajstić information content (AvgIpc) is 2.90. The van der Waals surface area contributed by atoms with Crippen LogP contribution in [0.4, 0.5) is 10.5 Å². The molecule has 0 saturated carbocycles. The lowest BCUT2D eigenvalue weighted by atomic mass is 10.2. The average molecular weight is 447 g/mol. The second-order valence-electron chi connectivity index (χ2n) is 5.57. The van der Waals surface area contributed by atoms with E-state index >= 15 is 0 Å². The predicted octanol–water partition coefficient (Wildman–Crippen LogP) is 4.13. The number of anilines is 1. The zero-order valence-corrected chi connectivity index (χ0v) is 16.7. The van der Waals surface area contributed by atoms with Crippen molar-refractivity contribution in [2.75, 3.05) is 19.0 Å². The van der Waals surface area contributed by atoms with Crippen LogP contribution in [0.3, 0.4) is 0 Å². The number of thioether (sulfide) groups is 1. The van der Waals surface area contributed by atoms with Gasteiger partial charge in [0.05, 0.1) is 12.0 Å². The van der Waals surface area contributed by atoms with Crippen LogP contribution in [-0.2, 0) is 9.59 Å². The van der Waals surface area contributed by atoms with E-state index in [2.05, 4.69) is 21.2 Å². The number of carbonyl (C=O) groups excluding carboxylic acids is 3. The van der Waals surface area contributed by atoms with Crippen LogP contribution in [0.2, 0.25) is 0 Å². The molecule has 0 radical (unpaired) electrons. The Labute approximate surface area is 168 Å². The van der Waals surface area contributed by atoms with Crippen LogP contribution >= 0.6 is 27.7 Å². The van der Waals surface area contributed by atoms with Gasteiger partial charge in [0.15, 0.2) is 0 Å². The summed E-state index contributed by atoms with van der Waals surface area (Å²) in [5, 5.41) is 2.18. The van der Waals surface area contributed by atoms with E-state index in [4.69, 9.17) is 4.74 Å². The quantitative estimate of drug-likeness (QED) is 0.698. The Morgan fingerprint density at radius 1 is 1.22 bits per heavy atom. The van der Waals surface area contributed by atoms with Crippen LogP contribution < -0.4 is 10.1 Å². The van der Waals surface area contributed by atoms with E-state index in [1.165, 1.54) is 7.11 Å². The van der Waals surface area contributed by atoms with Crippen LogP contribution in [0, 0.1) is 0 Å². The van der Waals surface area contributed by atoms with Gasteiger partial charge in [0.2, 0.25) is 5.91 Å². The van der Waals surface area contributed by atoms with Gasteiger partial charge >= 0.3 is 0 Å². The fourth-order valence-electron chi connectivity index (χ4n) is 2.46. The SMILES string of the molecule is COc1ccc(Br)cc1C=C1SC(=O)N(CC(=O)Nc2ccccc2)C1=O. The van der Waals surface area contributed by atoms with Crippen LogP contribution in [-0.4, -0.2) is 35.6 Å². The van der Waals surface area contributed by atoms with Gasteiger partial charge in [-0.15, -0.1) is 0 Å². The molecule has 0 spiro atoms. The summed E-state index contributed by atoms with van der Waals surface area (Å²) in [7, 11) is 1.53. The topological polar surface area (TPSA) is 75.7 Å². The van der Waals surface area contributed by atoms with Crippen molar-refractivity contribution in [1.29, 1.82) is 0 Å². The second-order valence-corrected chi connectivity index (χ2v) is 7.48. The van der Waals surface area contributed by atoms with Crippen molar-refractivity contribution in [3.63, 3.8) is 0 Å². The Bertz CT molecular complexity index is 931. The maximum absolute atomic E-state index is 12.6. The van der Waals surface area contributed by atoms with E-state index in [0.717, 1.165) is 21.1 Å². The van der Waals surface area contributed by atoms with Gasteiger partial charge in [-0.2, -0.15) is 0 Å². The third-order valence-electron chi connectivity index (χ3n) is 3.71. The van der Waals surface area contributed by atoms with Gasteiger partial charge in [-0.3, -0.25) is 19.3 Å². The molecule has 27 heavy (non-hydrogen) atoms. The maximum Gasteiger partial charge on any atom is 0.294 e. The fraction of sp³-hybridized carbons (Fsp3) is 0.105. The summed E-state index contributed by atoms with van der Waals surface area (Å²) in [6.45, 7) is -0.341. The highest BCUT2D eigenvalue weighted by Crippen LogP contribution is 2.34. The number of nitrogens with one attached hydrogen (secondary N) is 1. The Hall–Kier alpha value is -2.58. The molecule has 0 bridgehead atoms. The van der Waals surface area contributed by atoms with Gasteiger partial charge in [0.1, 0.15) is 12.3 Å². The molecular weight excluding hydrogens is 432 g/mol. The molecule has 1 saturated heterocycles. The molecule has 8 heteroatoms. The number of nitrogens with zero attached hydrogens (tertiary/aromatic N) is 1. The van der Waals surface area contributed by atoms with Gasteiger partial charge in [-0.1, -0.05) is 34.1 Å². The minimum atomic E-state index is -0.504. The molecule has 1 N–H and O–H groups in total. The van der Waals surface area contributed by atoms with E-state index in [1.807, 2.05) is 12.1 Å². The van der Waals surface area contributed by atoms with E-state index in [0.29, 0.717) is 17.0 Å². The normalized spacial score (nSPS) is 15.3. The van der Waals surface area contributed by atoms with Gasteiger partial charge in [0.25, 0.3) is 11.1 Å². The number of amides is 3. The smallest absolute Gasteiger partial charge is 0.294 e. The molecule has 1 aliphatic rings. The van der Waals surface area contributed by atoms with Gasteiger partial charge in [0, 0.05) is 15.7 Å². The molecule has 2 aromatic carbocycles. The number of benzene rings is 2. The minimum absolute atomic E-state index is 0.240. The predicted molar refractivity (Wildman–Crippen MR) is 108 cm³/mol. The highest BCUT2D eigenvalue weighted by molar-refractivity contribution is 9.10. The first-order valence-electron chi connectivity index (χ1n) is 7.92. The Morgan fingerprint density at radius 2 is 1.96 bits per heavy atom. The number of ether oxygens (including phenoxy) is 1. The van der Waals surface area contributed by atoms with Crippen LogP contribution in [0.1, 0.15) is 5.56 Å². The third kappa shape index (κ3) is 4.58. The highest BCUT2D eigenvalue weighted by atomic mass is 79.9. The number of imide groups is 1. The molecule has 3 rings (SSSR count). The lowest BCUT2D eigenvalue weighted by Gasteiger charge is -2.12. The van der Waals surface area contributed by atoms with Gasteiger partial charge in [-0.05, 0) is 48.2 Å². The van der Waals surface area contributed by atoms with Crippen LogP contribution in [0.25, 0.3) is 6.08 Å². The largest absolute Gasteiger partial charge is 0.496 e. The summed E-state index contributed by atoms with van der Waals surface area (Å²) in [6.07, 6.45) is 1.59. The summed E-state index contributed by atoms with van der Waals surface area (Å²) in [4.78, 5) is 38.1. The van der Waals surface area contributed by atoms with E-state index in [1.54, 1.807) is 42.5 Å². The van der Waals surface area contributed by atoms with Crippen molar-refractivity contribution < 1.29 is 19.1 Å². The molecule has 6 nitrogen and oxygen atoms in total. The highest BCUT2D eigenvalue weighted by Gasteiger charge is 2.36. The molecule has 138 valence electrons. The number of para-hydroxylation sites is 1. The summed E-state index contributed by atoms with van der Waals surface area (Å²) in [5.41, 5.74) is 1.26. The molecule has 0 aromatic heterocycles. The molecule has 0 unspecified atom stereocenters. The Balaban J connectivity index is 1.75. The molecule has 1 fully saturated rings. The number of hydrogen-bond acceptors (Lipinski definition) is 5. The molecule has 0 aliphatic carbocycles. The van der Waals surface area contributed by atoms with E-state index < -0.39 is 17.1 Å². The zero-order chi connectivity index (χ0) is 19.4. The third-order valence-corrected chi connectivity index (χ3v) is 5.11. The van der Waals surface area contributed by atoms with E-state index in [-0.39, 0.29) is 11.4 Å². The van der Waals surface area contributed by atoms with E-state index in [9.17, 15) is 14.4 Å². The molecule has 3 amide bonds. The standard InChI is InChI=1S/C19H15BrN2O4S/c1-26-15-8-7-13(20)9-12(15)10-16-18(24)22(19(25)27-16)11-17(23)21-14-5-3-2-4-6-14/h2-10H,11H2,1H3,(H,21,23). The lowest BCUT2D eigenvalue weighted by molar-refractivity contribution is -0.127. The monoisotopic (exact) mass is 446 g/mol. The zero-order valence-electron chi connectivity index (χ0n) is 14.3. The fourth-order valence-corrected chi connectivity index (χ4v) is 3.67. The van der Waals surface area contributed by atoms with Crippen molar-refractivity contribution in [2.24, 2.45) is 0 Å². The van der Waals surface area contributed by atoms with Crippen molar-refractivity contribution in [3.05, 3.63) is 63.5 Å². The lowest BCUT2D eigenvalue weighted by Crippen LogP contribution is -2.36. The summed E-state index contributed by atoms with van der Waals surface area (Å²) >= 11 is 4.17. The number of rotatable bonds is 5. The van der Waals surface area contributed by atoms with Gasteiger partial charge in [-0.25, -0.2) is 0 Å². The van der Waals surface area contributed by atoms with Crippen molar-refractivity contribution >= 4 is 56.5 Å². The number of hydrogen-bond donors (Lipinski definition) is 1. The summed E-state index contributed by atoms with van der Waals surface area (Å²) in [6, 6.07) is 14.2. The van der Waals surface area contributed by atoms with Crippen molar-refractivity contribution in [2.45, 2.75) is 0 Å². The Morgan fingerprint density at radius 3 is 2.67 bits per heavy atom. The summed E-state index contributed by atoms with van der Waals surface area (Å²) < 4.78 is 6.10. The molecule has 2 aromatic rings. The van der Waals surface area contributed by atoms with Gasteiger partial charge < -0.3 is 10.1 Å². The molecular formula is C19H15BrN2O4S. The van der Waals surface area contributed by atoms with Crippen LogP contribution in [0.15, 0.2) is 57.9 Å². The molecule has 0 atom stereocenters. The Kier molecular flexibility index (Phi) is 5.98. The summed E-state index contributed by atoms with van der Waals surface area (Å²) in [5.74, 6) is -0.369. The first-order valence-corrected chi connectivity index (χ1v) is 9.52. The number of halogens is 1. The first-order chi connectivity index (χ1) is 13.0. The van der Waals surface area contributed by atoms with Crippen molar-refractivity contribution in [1.82, 2.24) is 4.90 Å². The molecule has 1 aliphatic heterocycles. The molecule has 1 heterocycles. The number of carbonyl (C=O) groups is 3. The second kappa shape index (κ2) is 8.41. The maximum atomic E-state index is 12.6. The van der Waals surface area contributed by atoms with Crippen molar-refractivity contribution in [3.8, 4) is 5.75 Å². The van der Waals surface area contributed by atoms with Crippen LogP contribution in [0.5, 0.6) is 5.75 Å². The minimum Gasteiger partial charge on any atom is -0.496 e.